The van der Waals surface area contributed by atoms with Crippen LogP contribution in [0.4, 0.5) is 0 Å². The summed E-state index contributed by atoms with van der Waals surface area (Å²) < 4.78 is 23.0. The number of allylic oxidation sites excluding steroid dienone is 1. The molecule has 0 aromatic heterocycles. The summed E-state index contributed by atoms with van der Waals surface area (Å²) in [6.07, 6.45) is 3.93. The van der Waals surface area contributed by atoms with Crippen LogP contribution in [0.15, 0.2) is 54.3 Å². The molecule has 3 aliphatic heterocycles. The minimum Gasteiger partial charge on any atom is -0.459 e. The van der Waals surface area contributed by atoms with Crippen LogP contribution in [0.3, 0.4) is 0 Å². The Morgan fingerprint density at radius 3 is 2.70 bits per heavy atom. The number of aliphatic hydroxyl groups is 1. The summed E-state index contributed by atoms with van der Waals surface area (Å²) >= 11 is 0. The summed E-state index contributed by atoms with van der Waals surface area (Å²) in [4.78, 5) is 26.6. The Morgan fingerprint density at radius 1 is 1.11 bits per heavy atom. The van der Waals surface area contributed by atoms with Gasteiger partial charge < -0.3 is 34.3 Å². The number of benzene rings is 2. The van der Waals surface area contributed by atoms with E-state index in [-0.39, 0.29) is 36.9 Å². The first-order chi connectivity index (χ1) is 18.1. The van der Waals surface area contributed by atoms with E-state index in [1.807, 2.05) is 53.4 Å². The Bertz CT molecular complexity index is 1150. The normalized spacial score (nSPS) is 20.5. The minimum atomic E-state index is -0.624. The van der Waals surface area contributed by atoms with Gasteiger partial charge in [-0.3, -0.25) is 9.59 Å². The summed E-state index contributed by atoms with van der Waals surface area (Å²) in [7, 11) is 0. The molecular formula is C28H32N2O7. The van der Waals surface area contributed by atoms with Crippen molar-refractivity contribution < 1.29 is 33.6 Å². The molecule has 2 aromatic carbocycles. The number of nitrogens with zero attached hydrogens (tertiary/aromatic N) is 1. The third-order valence-electron chi connectivity index (χ3n) is 6.81. The number of carbonyl (C=O) groups excluding carboxylic acids is 2. The molecule has 0 bridgehead atoms. The maximum Gasteiger partial charge on any atom is 0.286 e. The molecule has 9 nitrogen and oxygen atoms in total. The standard InChI is InChI=1S/C28H32N2O7/c31-16-19-4-6-20(7-5-19)17-34-27-15-22(21-8-9-23-24(13-21)36-18-35-23)14-25(37-27)28(33)29-10-2-12-30-11-1-3-26(30)32/h4-9,13-14,22,27,31H,1-3,10-12,15-18H2,(H,29,33). The molecule has 37 heavy (non-hydrogen) atoms. The van der Waals surface area contributed by atoms with Gasteiger partial charge in [0.2, 0.25) is 19.0 Å². The molecule has 0 radical (unpaired) electrons. The monoisotopic (exact) mass is 508 g/mol. The van der Waals surface area contributed by atoms with Crippen molar-refractivity contribution in [1.29, 1.82) is 0 Å². The first-order valence-corrected chi connectivity index (χ1v) is 12.7. The molecule has 3 heterocycles. The Balaban J connectivity index is 1.24. The van der Waals surface area contributed by atoms with E-state index in [2.05, 4.69) is 5.32 Å². The van der Waals surface area contributed by atoms with Gasteiger partial charge in [0.05, 0.1) is 13.2 Å². The number of rotatable bonds is 10. The molecule has 3 aliphatic rings. The average Bonchev–Trinajstić information content (AvgIpc) is 3.58. The van der Waals surface area contributed by atoms with Crippen LogP contribution in [0.5, 0.6) is 11.5 Å². The second kappa shape index (κ2) is 11.7. The number of amides is 2. The molecule has 0 saturated carbocycles. The third-order valence-corrected chi connectivity index (χ3v) is 6.81. The van der Waals surface area contributed by atoms with Crippen molar-refractivity contribution in [3.8, 4) is 11.5 Å². The van der Waals surface area contributed by atoms with Crippen molar-refractivity contribution in [2.24, 2.45) is 0 Å². The Morgan fingerprint density at radius 2 is 1.92 bits per heavy atom. The van der Waals surface area contributed by atoms with Gasteiger partial charge in [-0.1, -0.05) is 30.3 Å². The molecule has 196 valence electrons. The zero-order chi connectivity index (χ0) is 25.6. The van der Waals surface area contributed by atoms with Crippen molar-refractivity contribution >= 4 is 11.8 Å². The van der Waals surface area contributed by atoms with Crippen LogP contribution < -0.4 is 14.8 Å². The topological polar surface area (TPSA) is 107 Å². The molecule has 1 fully saturated rings. The smallest absolute Gasteiger partial charge is 0.286 e. The van der Waals surface area contributed by atoms with E-state index >= 15 is 0 Å². The van der Waals surface area contributed by atoms with E-state index in [9.17, 15) is 14.7 Å². The molecule has 9 heteroatoms. The van der Waals surface area contributed by atoms with Gasteiger partial charge in [0.1, 0.15) is 0 Å². The molecule has 2 aromatic rings. The Hall–Kier alpha value is -3.56. The van der Waals surface area contributed by atoms with E-state index in [4.69, 9.17) is 18.9 Å². The van der Waals surface area contributed by atoms with Gasteiger partial charge in [-0.05, 0) is 47.7 Å². The maximum atomic E-state index is 13.0. The first-order valence-electron chi connectivity index (χ1n) is 12.7. The van der Waals surface area contributed by atoms with Crippen molar-refractivity contribution in [3.63, 3.8) is 0 Å². The predicted molar refractivity (Wildman–Crippen MR) is 133 cm³/mol. The van der Waals surface area contributed by atoms with E-state index in [1.165, 1.54) is 0 Å². The number of fused-ring (bicyclic) bond motifs is 1. The largest absolute Gasteiger partial charge is 0.459 e. The summed E-state index contributed by atoms with van der Waals surface area (Å²) in [5.74, 6) is 1.36. The van der Waals surface area contributed by atoms with Crippen LogP contribution in [-0.2, 0) is 32.3 Å². The van der Waals surface area contributed by atoms with Gasteiger partial charge in [0.25, 0.3) is 5.91 Å². The SMILES string of the molecule is O=C(NCCCN1CCCC1=O)C1=CC(c2ccc3c(c2)OCO3)CC(OCc2ccc(CO)cc2)O1. The van der Waals surface area contributed by atoms with Crippen LogP contribution in [0.2, 0.25) is 0 Å². The maximum absolute atomic E-state index is 13.0. The lowest BCUT2D eigenvalue weighted by atomic mass is 9.92. The third kappa shape index (κ3) is 6.23. The number of carbonyl (C=O) groups is 2. The molecule has 0 spiro atoms. The molecule has 1 saturated heterocycles. The van der Waals surface area contributed by atoms with Crippen LogP contribution in [0.1, 0.15) is 48.3 Å². The summed E-state index contributed by atoms with van der Waals surface area (Å²) in [6.45, 7) is 2.37. The van der Waals surface area contributed by atoms with Gasteiger partial charge >= 0.3 is 0 Å². The molecule has 2 atom stereocenters. The zero-order valence-corrected chi connectivity index (χ0v) is 20.7. The number of hydrogen-bond acceptors (Lipinski definition) is 7. The fraction of sp³-hybridized carbons (Fsp3) is 0.429. The number of hydrogen-bond donors (Lipinski definition) is 2. The van der Waals surface area contributed by atoms with Crippen molar-refractivity contribution in [2.75, 3.05) is 26.4 Å². The highest BCUT2D eigenvalue weighted by Crippen LogP contribution is 2.38. The first kappa shape index (κ1) is 25.1. The van der Waals surface area contributed by atoms with Crippen LogP contribution in [0, 0.1) is 0 Å². The van der Waals surface area contributed by atoms with Gasteiger partial charge in [-0.25, -0.2) is 0 Å². The van der Waals surface area contributed by atoms with E-state index in [0.29, 0.717) is 50.5 Å². The van der Waals surface area contributed by atoms with E-state index in [1.54, 1.807) is 0 Å². The Kier molecular flexibility index (Phi) is 7.91. The average molecular weight is 509 g/mol. The minimum absolute atomic E-state index is 0.0122. The lowest BCUT2D eigenvalue weighted by molar-refractivity contribution is -0.150. The van der Waals surface area contributed by atoms with Crippen molar-refractivity contribution in [3.05, 3.63) is 71.0 Å². The van der Waals surface area contributed by atoms with Gasteiger partial charge in [-0.2, -0.15) is 0 Å². The molecule has 2 unspecified atom stereocenters. The second-order valence-corrected chi connectivity index (χ2v) is 9.41. The molecule has 2 N–H and O–H groups in total. The van der Waals surface area contributed by atoms with E-state index in [0.717, 1.165) is 29.7 Å². The lowest BCUT2D eigenvalue weighted by Gasteiger charge is -2.29. The molecule has 2 amide bonds. The number of ether oxygens (including phenoxy) is 4. The summed E-state index contributed by atoms with van der Waals surface area (Å²) in [6, 6.07) is 13.3. The highest BCUT2D eigenvalue weighted by molar-refractivity contribution is 5.91. The highest BCUT2D eigenvalue weighted by Gasteiger charge is 2.30. The van der Waals surface area contributed by atoms with E-state index < -0.39 is 6.29 Å². The summed E-state index contributed by atoms with van der Waals surface area (Å²) in [5.41, 5.74) is 2.75. The fourth-order valence-electron chi connectivity index (χ4n) is 4.72. The second-order valence-electron chi connectivity index (χ2n) is 9.41. The Labute approximate surface area is 216 Å². The molecule has 5 rings (SSSR count). The van der Waals surface area contributed by atoms with Gasteiger partial charge in [0.15, 0.2) is 17.3 Å². The van der Waals surface area contributed by atoms with Gasteiger partial charge in [0, 0.05) is 38.4 Å². The van der Waals surface area contributed by atoms with Crippen molar-refractivity contribution in [1.82, 2.24) is 10.2 Å². The molecular weight excluding hydrogens is 476 g/mol. The lowest BCUT2D eigenvalue weighted by Crippen LogP contribution is -2.34. The van der Waals surface area contributed by atoms with Crippen LogP contribution >= 0.6 is 0 Å². The predicted octanol–water partition coefficient (Wildman–Crippen LogP) is 2.97. The number of likely N-dealkylation sites (tertiary alicyclic amines) is 1. The highest BCUT2D eigenvalue weighted by atomic mass is 16.7. The van der Waals surface area contributed by atoms with Crippen molar-refractivity contribution in [2.45, 2.75) is 51.1 Å². The summed E-state index contributed by atoms with van der Waals surface area (Å²) in [5, 5.41) is 12.2. The van der Waals surface area contributed by atoms with Crippen LogP contribution in [-0.4, -0.2) is 54.5 Å². The van der Waals surface area contributed by atoms with Gasteiger partial charge in [-0.15, -0.1) is 0 Å². The number of nitrogens with one attached hydrogen (secondary N) is 1. The zero-order valence-electron chi connectivity index (χ0n) is 20.7. The number of aliphatic hydroxyl groups excluding tert-OH is 1. The van der Waals surface area contributed by atoms with Crippen LogP contribution in [0.25, 0.3) is 0 Å². The molecule has 0 aliphatic carbocycles. The quantitative estimate of drug-likeness (QED) is 0.475. The fourth-order valence-corrected chi connectivity index (χ4v) is 4.72.